The Morgan fingerprint density at radius 2 is 2.17 bits per heavy atom. The molecule has 0 N–H and O–H groups in total. The average Bonchev–Trinajstić information content (AvgIpc) is 2.79. The summed E-state index contributed by atoms with van der Waals surface area (Å²) in [5.74, 6) is 0.565. The molecule has 0 aliphatic heterocycles. The fourth-order valence-corrected chi connectivity index (χ4v) is 1.31. The van der Waals surface area contributed by atoms with E-state index in [0.717, 1.165) is 0 Å². The first-order valence-corrected chi connectivity index (χ1v) is 6.61. The molecular formula is C11H18N4O2S. The molecule has 6 nitrogen and oxygen atoms in total. The van der Waals surface area contributed by atoms with Gasteiger partial charge in [-0.25, -0.2) is 9.48 Å². The third-order valence-electron chi connectivity index (χ3n) is 2.13. The quantitative estimate of drug-likeness (QED) is 0.272. The molecule has 0 aliphatic rings. The Labute approximate surface area is 111 Å². The third kappa shape index (κ3) is 3.76. The zero-order valence-electron chi connectivity index (χ0n) is 11.2. The minimum atomic E-state index is -0.517. The normalized spacial score (nSPS) is 12.4. The van der Waals surface area contributed by atoms with E-state index >= 15 is 0 Å². The van der Waals surface area contributed by atoms with Gasteiger partial charge in [-0.05, 0) is 18.0 Å². The number of carbonyl (C=O) groups excluding carboxylic acids is 1. The van der Waals surface area contributed by atoms with Crippen molar-refractivity contribution in [3.63, 3.8) is 0 Å². The van der Waals surface area contributed by atoms with Crippen LogP contribution in [0.3, 0.4) is 0 Å². The van der Waals surface area contributed by atoms with Crippen LogP contribution >= 0.6 is 11.9 Å². The number of nitrogens with zero attached hydrogens (tertiary/aromatic N) is 4. The Kier molecular flexibility index (Phi) is 4.77. The van der Waals surface area contributed by atoms with Crippen molar-refractivity contribution in [3.8, 4) is 0 Å². The molecule has 100 valence electrons. The second-order valence-electron chi connectivity index (χ2n) is 4.65. The summed E-state index contributed by atoms with van der Waals surface area (Å²) in [5.41, 5.74) is -0.287. The van der Waals surface area contributed by atoms with Crippen LogP contribution in [-0.4, -0.2) is 39.3 Å². The van der Waals surface area contributed by atoms with Crippen molar-refractivity contribution in [1.82, 2.24) is 14.1 Å². The third-order valence-corrected chi connectivity index (χ3v) is 2.83. The first-order chi connectivity index (χ1) is 8.36. The van der Waals surface area contributed by atoms with Crippen molar-refractivity contribution in [2.24, 2.45) is 10.6 Å². The summed E-state index contributed by atoms with van der Waals surface area (Å²) < 4.78 is 2.94. The van der Waals surface area contributed by atoms with Gasteiger partial charge >= 0.3 is 6.09 Å². The maximum Gasteiger partial charge on any atom is 0.445 e. The van der Waals surface area contributed by atoms with Gasteiger partial charge in [0, 0.05) is 31.1 Å². The van der Waals surface area contributed by atoms with Gasteiger partial charge < -0.3 is 0 Å². The van der Waals surface area contributed by atoms with Crippen LogP contribution < -0.4 is 0 Å². The Bertz CT molecular complexity index is 423. The number of hydrogen-bond donors (Lipinski definition) is 0. The van der Waals surface area contributed by atoms with Crippen LogP contribution in [0.2, 0.25) is 0 Å². The monoisotopic (exact) mass is 270 g/mol. The maximum absolute atomic E-state index is 11.5. The predicted molar refractivity (Wildman–Crippen MR) is 72.3 cm³/mol. The van der Waals surface area contributed by atoms with Gasteiger partial charge in [-0.1, -0.05) is 25.9 Å². The topological polar surface area (TPSA) is 59.7 Å². The molecule has 1 rings (SSSR count). The average molecular weight is 270 g/mol. The van der Waals surface area contributed by atoms with Gasteiger partial charge in [-0.2, -0.15) is 5.10 Å². The van der Waals surface area contributed by atoms with E-state index in [0.29, 0.717) is 5.84 Å². The number of oxime groups is 1. The van der Waals surface area contributed by atoms with Crippen molar-refractivity contribution < 1.29 is 9.63 Å². The summed E-state index contributed by atoms with van der Waals surface area (Å²) in [6, 6.07) is 1.79. The van der Waals surface area contributed by atoms with Gasteiger partial charge in [-0.3, -0.25) is 9.14 Å². The summed E-state index contributed by atoms with van der Waals surface area (Å²) in [5, 5.41) is 8.02. The molecule has 18 heavy (non-hydrogen) atoms. The fraction of sp³-hybridized carbons (Fsp3) is 0.545. The molecule has 0 fully saturated rings. The number of rotatable bonds is 2. The number of aromatic nitrogens is 2. The second-order valence-corrected chi connectivity index (χ2v) is 5.57. The minimum Gasteiger partial charge on any atom is -0.295 e. The highest BCUT2D eigenvalue weighted by molar-refractivity contribution is 7.96. The molecule has 0 aliphatic carbocycles. The molecule has 0 spiro atoms. The Hall–Kier alpha value is -1.50. The standard InChI is InChI=1S/C11H18N4O2S/c1-11(2,3)9(15-8-6-7-12-15)13-17-10(16)14(4)18-5/h6-8H,1-5H3. The summed E-state index contributed by atoms with van der Waals surface area (Å²) in [6.45, 7) is 5.92. The highest BCUT2D eigenvalue weighted by Gasteiger charge is 2.23. The van der Waals surface area contributed by atoms with E-state index in [-0.39, 0.29) is 5.41 Å². The van der Waals surface area contributed by atoms with Crippen LogP contribution in [0.25, 0.3) is 0 Å². The molecular weight excluding hydrogens is 252 g/mol. The van der Waals surface area contributed by atoms with E-state index in [2.05, 4.69) is 10.3 Å². The molecule has 1 heterocycles. The van der Waals surface area contributed by atoms with E-state index < -0.39 is 6.09 Å². The zero-order valence-corrected chi connectivity index (χ0v) is 12.1. The van der Waals surface area contributed by atoms with E-state index in [1.165, 1.54) is 16.3 Å². The van der Waals surface area contributed by atoms with E-state index in [1.54, 1.807) is 36.4 Å². The van der Waals surface area contributed by atoms with Crippen LogP contribution in [0.15, 0.2) is 23.6 Å². The van der Waals surface area contributed by atoms with Crippen LogP contribution in [0.4, 0.5) is 4.79 Å². The molecule has 0 atom stereocenters. The number of carbonyl (C=O) groups is 1. The van der Waals surface area contributed by atoms with E-state index in [9.17, 15) is 4.79 Å². The highest BCUT2D eigenvalue weighted by atomic mass is 32.2. The molecule has 7 heteroatoms. The van der Waals surface area contributed by atoms with Crippen molar-refractivity contribution in [2.75, 3.05) is 13.3 Å². The molecule has 1 aromatic heterocycles. The molecule has 0 bridgehead atoms. The summed E-state index contributed by atoms with van der Waals surface area (Å²) >= 11 is 1.26. The van der Waals surface area contributed by atoms with Crippen LogP contribution in [0, 0.1) is 5.41 Å². The lowest BCUT2D eigenvalue weighted by Crippen LogP contribution is -2.30. The molecule has 0 saturated carbocycles. The van der Waals surface area contributed by atoms with E-state index in [1.807, 2.05) is 20.8 Å². The van der Waals surface area contributed by atoms with Crippen molar-refractivity contribution in [1.29, 1.82) is 0 Å². The maximum atomic E-state index is 11.5. The minimum absolute atomic E-state index is 0.287. The van der Waals surface area contributed by atoms with Gasteiger partial charge in [0.1, 0.15) is 0 Å². The van der Waals surface area contributed by atoms with Crippen molar-refractivity contribution in [2.45, 2.75) is 20.8 Å². The first kappa shape index (κ1) is 14.6. The van der Waals surface area contributed by atoms with Crippen molar-refractivity contribution >= 4 is 23.9 Å². The van der Waals surface area contributed by atoms with Gasteiger partial charge in [0.05, 0.1) is 0 Å². The largest absolute Gasteiger partial charge is 0.445 e. The lowest BCUT2D eigenvalue weighted by atomic mass is 9.95. The fourth-order valence-electron chi connectivity index (χ4n) is 1.13. The van der Waals surface area contributed by atoms with Crippen LogP contribution in [-0.2, 0) is 4.84 Å². The van der Waals surface area contributed by atoms with Crippen molar-refractivity contribution in [3.05, 3.63) is 18.5 Å². The lowest BCUT2D eigenvalue weighted by molar-refractivity contribution is 0.135. The molecule has 1 aromatic rings. The van der Waals surface area contributed by atoms with Crippen LogP contribution in [0.1, 0.15) is 20.8 Å². The SMILES string of the molecule is CSN(C)C(=O)ON=C(n1cccn1)C(C)(C)C. The van der Waals surface area contributed by atoms with Gasteiger partial charge in [0.15, 0.2) is 5.84 Å². The van der Waals surface area contributed by atoms with Gasteiger partial charge in [0.2, 0.25) is 0 Å². The molecule has 0 saturated heterocycles. The summed E-state index contributed by atoms with van der Waals surface area (Å²) in [7, 11) is 1.62. The molecule has 1 amide bonds. The summed E-state index contributed by atoms with van der Waals surface area (Å²) in [4.78, 5) is 16.4. The van der Waals surface area contributed by atoms with Gasteiger partial charge in [-0.15, -0.1) is 0 Å². The Morgan fingerprint density at radius 3 is 2.61 bits per heavy atom. The first-order valence-electron chi connectivity index (χ1n) is 5.43. The zero-order chi connectivity index (χ0) is 13.8. The molecule has 0 aromatic carbocycles. The highest BCUT2D eigenvalue weighted by Crippen LogP contribution is 2.17. The van der Waals surface area contributed by atoms with Gasteiger partial charge in [0.25, 0.3) is 0 Å². The smallest absolute Gasteiger partial charge is 0.295 e. The molecule has 0 unspecified atom stereocenters. The van der Waals surface area contributed by atoms with E-state index in [4.69, 9.17) is 4.84 Å². The second kappa shape index (κ2) is 5.90. The molecule has 0 radical (unpaired) electrons. The summed E-state index contributed by atoms with van der Waals surface area (Å²) in [6.07, 6.45) is 4.67. The number of hydrogen-bond acceptors (Lipinski definition) is 5. The van der Waals surface area contributed by atoms with Crippen LogP contribution in [0.5, 0.6) is 0 Å². The lowest BCUT2D eigenvalue weighted by Gasteiger charge is -2.20. The predicted octanol–water partition coefficient (Wildman–Crippen LogP) is 2.44. The Morgan fingerprint density at radius 1 is 1.50 bits per heavy atom. The Balaban J connectivity index is 2.89. The number of amides is 1.